The molecule has 0 atom stereocenters. The van der Waals surface area contributed by atoms with E-state index in [2.05, 4.69) is 366 Å². The van der Waals surface area contributed by atoms with E-state index in [0.717, 1.165) is 23.7 Å². The summed E-state index contributed by atoms with van der Waals surface area (Å²) in [6.07, 6.45) is 27.3. The zero-order chi connectivity index (χ0) is 79.1. The second kappa shape index (κ2) is 35.6. The van der Waals surface area contributed by atoms with Gasteiger partial charge in [-0.2, -0.15) is 22.8 Å². The molecule has 0 N–H and O–H groups in total. The van der Waals surface area contributed by atoms with E-state index in [1.54, 1.807) is 11.1 Å². The normalized spacial score (nSPS) is 15.4. The average molecular weight is 1510 g/mol. The molecule has 10 aromatic carbocycles. The predicted octanol–water partition coefficient (Wildman–Crippen LogP) is 26.5. The minimum absolute atomic E-state index is 0.709. The van der Waals surface area contributed by atoms with Crippen LogP contribution in [0.25, 0.3) is 111 Å². The Morgan fingerprint density at radius 3 is 1.07 bits per heavy atom. The highest BCUT2D eigenvalue weighted by atomic mass is 15.0. The molecule has 5 aliphatic rings. The largest absolute Gasteiger partial charge is 0.216 e. The Hall–Kier alpha value is -10.8. The predicted molar refractivity (Wildman–Crippen MR) is 483 cm³/mol. The third-order valence-corrected chi connectivity index (χ3v) is 27.2. The van der Waals surface area contributed by atoms with Crippen LogP contribution >= 0.6 is 0 Å². The second-order valence-corrected chi connectivity index (χ2v) is 34.4. The van der Waals surface area contributed by atoms with Gasteiger partial charge < -0.3 is 0 Å². The molecule has 5 fully saturated rings. The van der Waals surface area contributed by atoms with E-state index in [9.17, 15) is 0 Å². The minimum Gasteiger partial charge on any atom is -0.194 e. The summed E-state index contributed by atoms with van der Waals surface area (Å²) in [4.78, 5) is 0. The van der Waals surface area contributed by atoms with E-state index < -0.39 is 0 Å². The van der Waals surface area contributed by atoms with Gasteiger partial charge >= 0.3 is 0 Å². The topological polar surface area (TPSA) is 19.4 Å². The number of hydrogen-bond donors (Lipinski definition) is 0. The van der Waals surface area contributed by atoms with Crippen molar-refractivity contribution in [2.24, 2.45) is 35.2 Å². The van der Waals surface area contributed by atoms with Crippen molar-refractivity contribution in [1.82, 2.24) is 0 Å². The molecule has 0 aliphatic heterocycles. The summed E-state index contributed by atoms with van der Waals surface area (Å²) in [6, 6.07) is 101. The third-order valence-electron chi connectivity index (χ3n) is 27.2. The van der Waals surface area contributed by atoms with Crippen molar-refractivity contribution in [2.45, 2.75) is 193 Å². The number of fused-ring (bicyclic) bond motifs is 5. The zero-order valence-electron chi connectivity index (χ0n) is 70.2. The van der Waals surface area contributed by atoms with Crippen molar-refractivity contribution in [1.29, 1.82) is 0 Å². The Bertz CT molecular complexity index is 5910. The zero-order valence-corrected chi connectivity index (χ0v) is 70.2. The molecule has 5 heterocycles. The first-order chi connectivity index (χ1) is 56.2. The number of hydrogen-bond acceptors (Lipinski definition) is 0. The molecule has 15 aromatic rings. The molecule has 115 heavy (non-hydrogen) atoms. The van der Waals surface area contributed by atoms with Gasteiger partial charge in [0.05, 0.1) is 0 Å². The maximum atomic E-state index is 2.46. The van der Waals surface area contributed by atoms with E-state index in [4.69, 9.17) is 0 Å². The lowest BCUT2D eigenvalue weighted by Crippen LogP contribution is -2.34. The fourth-order valence-corrected chi connectivity index (χ4v) is 20.6. The molecule has 0 amide bonds. The van der Waals surface area contributed by atoms with Gasteiger partial charge in [0.25, 0.3) is 0 Å². The molecule has 5 saturated carbocycles. The monoisotopic (exact) mass is 1510 g/mol. The molecule has 20 rings (SSSR count). The Labute approximate surface area is 685 Å². The summed E-state index contributed by atoms with van der Waals surface area (Å²) in [6.45, 7) is 11.0. The van der Waals surface area contributed by atoms with Gasteiger partial charge in [-0.1, -0.05) is 204 Å². The van der Waals surface area contributed by atoms with E-state index in [1.165, 1.54) is 284 Å². The van der Waals surface area contributed by atoms with E-state index >= 15 is 0 Å². The van der Waals surface area contributed by atoms with Crippen LogP contribution in [0.5, 0.6) is 0 Å². The number of para-hydroxylation sites is 2. The molecule has 0 unspecified atom stereocenters. The van der Waals surface area contributed by atoms with Gasteiger partial charge in [-0.3, -0.25) is 0 Å². The summed E-state index contributed by atoms with van der Waals surface area (Å²) in [5, 5.41) is 6.90. The number of benzene rings is 10. The summed E-state index contributed by atoms with van der Waals surface area (Å²) in [7, 11) is 11.0. The first-order valence-electron chi connectivity index (χ1n) is 43.6. The number of aromatic nitrogens is 5. The van der Waals surface area contributed by atoms with Gasteiger partial charge in [-0.05, 0) is 257 Å². The van der Waals surface area contributed by atoms with Crippen LogP contribution in [-0.4, -0.2) is 0 Å². The van der Waals surface area contributed by atoms with Crippen molar-refractivity contribution >= 4 is 54.5 Å². The summed E-state index contributed by atoms with van der Waals surface area (Å²) >= 11 is 0. The SMILES string of the molecule is Cc1ccccc1-c1c(C2CCCC2)cc2ccccc2[n+]1C.Cc1ccccc1-c1cc(C2CCCC2)c2ccccc2[n+]1C.Cc1ccccc1-c1ccc2c(C3CCCC3)cccc2[n+]1C.Cc1ccccc1-c1ccc2cc(C3CCCC3)ccc2[n+]1C.Cc1ccccc1-c1ccc2ccc(C3CCCC3)cc2[n+]1C. The number of aryl methyl sites for hydroxylation is 10. The Balaban J connectivity index is 0.000000108. The van der Waals surface area contributed by atoms with Gasteiger partial charge in [0.2, 0.25) is 56.1 Å². The molecule has 5 aliphatic carbocycles. The molecular formula is C110H120N5+5. The van der Waals surface area contributed by atoms with Crippen LogP contribution in [0.2, 0.25) is 0 Å². The highest BCUT2D eigenvalue weighted by Crippen LogP contribution is 2.44. The van der Waals surface area contributed by atoms with E-state index in [1.807, 2.05) is 0 Å². The lowest BCUT2D eigenvalue weighted by Gasteiger charge is -2.16. The van der Waals surface area contributed by atoms with Crippen LogP contribution in [0.3, 0.4) is 0 Å². The number of rotatable bonds is 10. The first-order valence-corrected chi connectivity index (χ1v) is 43.6. The van der Waals surface area contributed by atoms with E-state index in [-0.39, 0.29) is 0 Å². The van der Waals surface area contributed by atoms with Crippen LogP contribution in [0.15, 0.2) is 273 Å². The van der Waals surface area contributed by atoms with Crippen LogP contribution in [0.4, 0.5) is 0 Å². The third kappa shape index (κ3) is 16.6. The van der Waals surface area contributed by atoms with Gasteiger partial charge in [-0.15, -0.1) is 0 Å². The maximum absolute atomic E-state index is 2.46. The Morgan fingerprint density at radius 2 is 0.548 bits per heavy atom. The lowest BCUT2D eigenvalue weighted by atomic mass is 9.90. The van der Waals surface area contributed by atoms with Crippen molar-refractivity contribution in [3.8, 4) is 56.3 Å². The van der Waals surface area contributed by atoms with Gasteiger partial charge in [0.15, 0.2) is 0 Å². The lowest BCUT2D eigenvalue weighted by molar-refractivity contribution is -0.634. The molecule has 580 valence electrons. The van der Waals surface area contributed by atoms with Gasteiger partial charge in [0.1, 0.15) is 35.2 Å². The molecule has 0 spiro atoms. The second-order valence-electron chi connectivity index (χ2n) is 34.4. The number of nitrogens with zero attached hydrogens (tertiary/aromatic N) is 5. The van der Waals surface area contributed by atoms with Crippen molar-refractivity contribution in [2.75, 3.05) is 0 Å². The molecule has 0 saturated heterocycles. The highest BCUT2D eigenvalue weighted by Gasteiger charge is 2.31. The van der Waals surface area contributed by atoms with Gasteiger partial charge in [-0.25, -0.2) is 0 Å². The molecule has 5 aromatic heterocycles. The Morgan fingerprint density at radius 1 is 0.209 bits per heavy atom. The Kier molecular flexibility index (Phi) is 24.2. The average Bonchev–Trinajstić information content (AvgIpc) is 1.69. The van der Waals surface area contributed by atoms with Crippen LogP contribution < -0.4 is 22.8 Å². The summed E-state index contributed by atoms with van der Waals surface area (Å²) in [5.41, 5.74) is 34.3. The molecule has 5 heteroatoms. The summed E-state index contributed by atoms with van der Waals surface area (Å²) in [5.74, 6) is 3.73. The standard InChI is InChI=1S/5C22H24N/c1-16-9-3-7-13-19(16)22-20(17-10-4-5-11-17)15-18-12-6-8-14-21(18)23(22)2;1-16-9-3-6-12-18(16)22-15-20(17-10-4-5-11-17)19-13-7-8-14-21(19)23(22)2;1-16-8-3-6-11-18(16)22-15-14-20-19(17-9-4-5-10-17)12-7-13-21(20)23(22)2;1-16-7-3-6-10-20(16)22-14-12-19-15-18(17-8-4-5-9-17)11-13-21(19)23(22)2;1-16-7-3-6-10-20(16)21-14-13-18-11-12-19(15-22(18)23(21)2)17-8-4-5-9-17/h2*3,6-9,12-15,17H,4-5,10-11H2,1-2H3;3,6-8,11-15,17H,4-5,9-10H2,1-2H3;2*3,6-7,10-15,17H,4-5,8-9H2,1-2H3/q5*+1. The van der Waals surface area contributed by atoms with Gasteiger partial charge in [0, 0.05) is 115 Å². The van der Waals surface area contributed by atoms with Crippen molar-refractivity contribution in [3.05, 3.63) is 329 Å². The van der Waals surface area contributed by atoms with Crippen LogP contribution in [-0.2, 0) is 35.2 Å². The van der Waals surface area contributed by atoms with Crippen molar-refractivity contribution in [3.63, 3.8) is 0 Å². The fourth-order valence-electron chi connectivity index (χ4n) is 20.6. The first kappa shape index (κ1) is 78.2. The minimum atomic E-state index is 0.709. The smallest absolute Gasteiger partial charge is 0.194 e. The van der Waals surface area contributed by atoms with Crippen molar-refractivity contribution < 1.29 is 22.8 Å². The molecule has 0 radical (unpaired) electrons. The fraction of sp³-hybridized carbons (Fsp3) is 0.318. The molecule has 5 nitrogen and oxygen atoms in total. The summed E-state index contributed by atoms with van der Waals surface area (Å²) < 4.78 is 11.8. The quantitative estimate of drug-likeness (QED) is 0.122. The van der Waals surface area contributed by atoms with Crippen LogP contribution in [0.1, 0.15) is 214 Å². The maximum Gasteiger partial charge on any atom is 0.216 e. The highest BCUT2D eigenvalue weighted by molar-refractivity contribution is 5.85. The van der Waals surface area contributed by atoms with Crippen LogP contribution in [0, 0.1) is 34.6 Å². The molecule has 0 bridgehead atoms. The van der Waals surface area contributed by atoms with E-state index in [0.29, 0.717) is 5.92 Å². The number of pyridine rings is 5. The molecular weight excluding hydrogens is 1390 g/mol.